The van der Waals surface area contributed by atoms with Gasteiger partial charge in [-0.3, -0.25) is 4.79 Å². The van der Waals surface area contributed by atoms with Crippen LogP contribution in [0.2, 0.25) is 0 Å². The highest BCUT2D eigenvalue weighted by Gasteiger charge is 2.22. The van der Waals surface area contributed by atoms with Gasteiger partial charge in [-0.05, 0) is 55.5 Å². The van der Waals surface area contributed by atoms with E-state index in [0.29, 0.717) is 6.42 Å². The molecule has 0 radical (unpaired) electrons. The van der Waals surface area contributed by atoms with Gasteiger partial charge in [0.2, 0.25) is 0 Å². The Labute approximate surface area is 156 Å². The van der Waals surface area contributed by atoms with E-state index in [-0.39, 0.29) is 11.9 Å². The molecule has 0 aliphatic heterocycles. The van der Waals surface area contributed by atoms with Gasteiger partial charge >= 0.3 is 0 Å². The summed E-state index contributed by atoms with van der Waals surface area (Å²) >= 11 is 0. The van der Waals surface area contributed by atoms with Gasteiger partial charge < -0.3 is 14.8 Å². The van der Waals surface area contributed by atoms with Gasteiger partial charge in [0.05, 0.1) is 13.2 Å². The van der Waals surface area contributed by atoms with E-state index in [9.17, 15) is 4.79 Å². The van der Waals surface area contributed by atoms with Crippen LogP contribution in [0.25, 0.3) is 0 Å². The van der Waals surface area contributed by atoms with Crippen LogP contribution in [0.1, 0.15) is 49.4 Å². The van der Waals surface area contributed by atoms with Crippen molar-refractivity contribution in [3.63, 3.8) is 0 Å². The molecule has 2 aromatic carbocycles. The highest BCUT2D eigenvalue weighted by Crippen LogP contribution is 2.25. The van der Waals surface area contributed by atoms with E-state index in [1.54, 1.807) is 7.11 Å². The molecule has 26 heavy (non-hydrogen) atoms. The number of amides is 1. The molecular formula is C22H29NO3. The topological polar surface area (TPSA) is 47.6 Å². The largest absolute Gasteiger partial charge is 0.496 e. The summed E-state index contributed by atoms with van der Waals surface area (Å²) in [4.78, 5) is 12.8. The highest BCUT2D eigenvalue weighted by molar-refractivity contribution is 5.81. The average molecular weight is 355 g/mol. The van der Waals surface area contributed by atoms with Crippen LogP contribution >= 0.6 is 0 Å². The van der Waals surface area contributed by atoms with Crippen LogP contribution in [0.5, 0.6) is 11.5 Å². The Balaban J connectivity index is 2.11. The van der Waals surface area contributed by atoms with Crippen LogP contribution in [0.15, 0.2) is 42.5 Å². The minimum absolute atomic E-state index is 0.0540. The number of hydrogen-bond acceptors (Lipinski definition) is 3. The summed E-state index contributed by atoms with van der Waals surface area (Å²) in [6.45, 7) is 8.01. The zero-order valence-electron chi connectivity index (χ0n) is 16.3. The lowest BCUT2D eigenvalue weighted by molar-refractivity contribution is -0.129. The van der Waals surface area contributed by atoms with Gasteiger partial charge in [-0.1, -0.05) is 44.2 Å². The van der Waals surface area contributed by atoms with Gasteiger partial charge in [0, 0.05) is 0 Å². The molecule has 1 N–H and O–H groups in total. The van der Waals surface area contributed by atoms with Crippen LogP contribution in [-0.4, -0.2) is 19.1 Å². The van der Waals surface area contributed by atoms with Crippen molar-refractivity contribution < 1.29 is 14.3 Å². The first-order valence-electron chi connectivity index (χ1n) is 9.17. The van der Waals surface area contributed by atoms with E-state index < -0.39 is 6.10 Å². The summed E-state index contributed by atoms with van der Waals surface area (Å²) in [6.07, 6.45) is 0.904. The van der Waals surface area contributed by atoms with Gasteiger partial charge in [0.15, 0.2) is 6.10 Å². The van der Waals surface area contributed by atoms with Crippen molar-refractivity contribution in [1.82, 2.24) is 5.32 Å². The lowest BCUT2D eigenvalue weighted by atomic mass is 10.0. The van der Waals surface area contributed by atoms with E-state index in [1.165, 1.54) is 0 Å². The Hall–Kier alpha value is -2.49. The van der Waals surface area contributed by atoms with Crippen molar-refractivity contribution in [3.05, 3.63) is 59.2 Å². The third-order valence-electron chi connectivity index (χ3n) is 4.57. The number of aryl methyl sites for hydroxylation is 2. The molecule has 2 aromatic rings. The van der Waals surface area contributed by atoms with Crippen LogP contribution < -0.4 is 14.8 Å². The van der Waals surface area contributed by atoms with Gasteiger partial charge in [-0.25, -0.2) is 0 Å². The van der Waals surface area contributed by atoms with Crippen LogP contribution in [0.3, 0.4) is 0 Å². The maximum absolute atomic E-state index is 12.8. The molecule has 2 rings (SSSR count). The molecule has 0 bridgehead atoms. The van der Waals surface area contributed by atoms with Gasteiger partial charge in [0.25, 0.3) is 5.91 Å². The smallest absolute Gasteiger partial charge is 0.261 e. The van der Waals surface area contributed by atoms with E-state index in [0.717, 1.165) is 34.6 Å². The maximum atomic E-state index is 12.8. The minimum atomic E-state index is -0.510. The molecule has 1 amide bonds. The second-order valence-electron chi connectivity index (χ2n) is 6.48. The number of hydrogen-bond donors (Lipinski definition) is 1. The highest BCUT2D eigenvalue weighted by atomic mass is 16.5. The average Bonchev–Trinajstić information content (AvgIpc) is 2.65. The number of nitrogens with one attached hydrogen (secondary N) is 1. The van der Waals surface area contributed by atoms with E-state index in [4.69, 9.17) is 9.47 Å². The number of carbonyl (C=O) groups is 1. The predicted molar refractivity (Wildman–Crippen MR) is 105 cm³/mol. The molecule has 0 spiro atoms. The molecule has 0 aromatic heterocycles. The van der Waals surface area contributed by atoms with Gasteiger partial charge in [-0.15, -0.1) is 0 Å². The molecule has 0 aliphatic rings. The zero-order valence-corrected chi connectivity index (χ0v) is 16.3. The Morgan fingerprint density at radius 3 is 2.31 bits per heavy atom. The van der Waals surface area contributed by atoms with Crippen LogP contribution in [-0.2, 0) is 4.79 Å². The number of ether oxygens (including phenoxy) is 2. The van der Waals surface area contributed by atoms with Crippen molar-refractivity contribution in [2.24, 2.45) is 0 Å². The molecule has 0 saturated heterocycles. The first-order chi connectivity index (χ1) is 12.5. The molecular weight excluding hydrogens is 326 g/mol. The molecule has 0 heterocycles. The second-order valence-corrected chi connectivity index (χ2v) is 6.48. The summed E-state index contributed by atoms with van der Waals surface area (Å²) in [5, 5.41) is 3.13. The number of para-hydroxylation sites is 1. The van der Waals surface area contributed by atoms with Crippen molar-refractivity contribution in [2.45, 2.75) is 52.7 Å². The summed E-state index contributed by atoms with van der Waals surface area (Å²) in [7, 11) is 1.66. The lowest BCUT2D eigenvalue weighted by Crippen LogP contribution is -2.40. The molecule has 2 atom stereocenters. The summed E-state index contributed by atoms with van der Waals surface area (Å²) in [5.41, 5.74) is 3.15. The first kappa shape index (κ1) is 19.8. The number of carbonyl (C=O) groups excluding carboxylic acids is 1. The van der Waals surface area contributed by atoms with Crippen LogP contribution in [0, 0.1) is 13.8 Å². The molecule has 4 heteroatoms. The summed E-state index contributed by atoms with van der Waals surface area (Å²) in [5.74, 6) is 1.52. The quantitative estimate of drug-likeness (QED) is 0.744. The SMILES string of the molecule is CCC(Oc1ccccc1C)C(=O)NC(CC)c1ccc(OC)c(C)c1. The normalized spacial score (nSPS) is 13.0. The fourth-order valence-electron chi connectivity index (χ4n) is 2.97. The minimum Gasteiger partial charge on any atom is -0.496 e. The maximum Gasteiger partial charge on any atom is 0.261 e. The van der Waals surface area contributed by atoms with Crippen molar-refractivity contribution in [2.75, 3.05) is 7.11 Å². The number of benzene rings is 2. The van der Waals surface area contributed by atoms with E-state index >= 15 is 0 Å². The van der Waals surface area contributed by atoms with Crippen molar-refractivity contribution >= 4 is 5.91 Å². The van der Waals surface area contributed by atoms with E-state index in [2.05, 4.69) is 18.3 Å². The van der Waals surface area contributed by atoms with Gasteiger partial charge in [0.1, 0.15) is 11.5 Å². The first-order valence-corrected chi connectivity index (χ1v) is 9.17. The molecule has 2 unspecified atom stereocenters. The van der Waals surface area contributed by atoms with E-state index in [1.807, 2.05) is 57.2 Å². The van der Waals surface area contributed by atoms with Gasteiger partial charge in [-0.2, -0.15) is 0 Å². The standard InChI is InChI=1S/C22H29NO3/c1-6-18(17-12-13-20(25-5)16(4)14-17)23-22(24)19(7-2)26-21-11-9-8-10-15(21)3/h8-14,18-19H,6-7H2,1-5H3,(H,23,24). The fourth-order valence-corrected chi connectivity index (χ4v) is 2.97. The molecule has 4 nitrogen and oxygen atoms in total. The zero-order chi connectivity index (χ0) is 19.1. The Bertz CT molecular complexity index is 742. The van der Waals surface area contributed by atoms with Crippen LogP contribution in [0.4, 0.5) is 0 Å². The van der Waals surface area contributed by atoms with Crippen molar-refractivity contribution in [1.29, 1.82) is 0 Å². The lowest BCUT2D eigenvalue weighted by Gasteiger charge is -2.23. The Morgan fingerprint density at radius 1 is 1.00 bits per heavy atom. The molecule has 0 aliphatic carbocycles. The molecule has 0 fully saturated rings. The molecule has 140 valence electrons. The fraction of sp³-hybridized carbons (Fsp3) is 0.409. The Morgan fingerprint density at radius 2 is 1.73 bits per heavy atom. The Kier molecular flexibility index (Phi) is 7.07. The van der Waals surface area contributed by atoms with Crippen molar-refractivity contribution in [3.8, 4) is 11.5 Å². The predicted octanol–water partition coefficient (Wildman–Crippen LogP) is 4.74. The summed E-state index contributed by atoms with van der Waals surface area (Å²) < 4.78 is 11.3. The number of methoxy groups -OCH3 is 1. The molecule has 0 saturated carbocycles. The summed E-state index contributed by atoms with van der Waals surface area (Å²) in [6, 6.07) is 13.7. The third kappa shape index (κ3) is 4.78. The second kappa shape index (κ2) is 9.27. The monoisotopic (exact) mass is 355 g/mol. The third-order valence-corrected chi connectivity index (χ3v) is 4.57. The number of rotatable bonds is 8.